The third kappa shape index (κ3) is 5.05. The number of nitrogens with one attached hydrogen (secondary N) is 2. The minimum absolute atomic E-state index is 0.0201. The summed E-state index contributed by atoms with van der Waals surface area (Å²) in [5.74, 6) is 0.497. The standard InChI is InChI=1S/C17H23N5O3/c1-12-16(13(2)22(21-12)8-9-23)10-19-20-17(24)11-18-14-4-6-15(25-3)7-5-14/h4-7,10,18,23H,8-9,11H2,1-3H3,(H,20,24)/b19-10+. The topological polar surface area (TPSA) is 101 Å². The van der Waals surface area contributed by atoms with Crippen molar-refractivity contribution in [3.63, 3.8) is 0 Å². The fourth-order valence-electron chi connectivity index (χ4n) is 2.31. The minimum atomic E-state index is -0.259. The number of hydrazone groups is 1. The number of hydrogen-bond donors (Lipinski definition) is 3. The molecule has 134 valence electrons. The molecule has 0 unspecified atom stereocenters. The number of anilines is 1. The summed E-state index contributed by atoms with van der Waals surface area (Å²) in [5, 5.41) is 20.3. The lowest BCUT2D eigenvalue weighted by Gasteiger charge is -2.06. The summed E-state index contributed by atoms with van der Waals surface area (Å²) in [6.45, 7) is 4.30. The summed E-state index contributed by atoms with van der Waals surface area (Å²) >= 11 is 0. The van der Waals surface area contributed by atoms with E-state index in [4.69, 9.17) is 9.84 Å². The molecule has 1 aromatic heterocycles. The Morgan fingerprint density at radius 3 is 2.72 bits per heavy atom. The van der Waals surface area contributed by atoms with Gasteiger partial charge in [0.2, 0.25) is 0 Å². The first kappa shape index (κ1) is 18.5. The largest absolute Gasteiger partial charge is 0.497 e. The quantitative estimate of drug-likeness (QED) is 0.491. The van der Waals surface area contributed by atoms with E-state index in [9.17, 15) is 4.79 Å². The summed E-state index contributed by atoms with van der Waals surface area (Å²) in [6, 6.07) is 7.29. The molecule has 8 heteroatoms. The lowest BCUT2D eigenvalue weighted by Crippen LogP contribution is -2.25. The van der Waals surface area contributed by atoms with E-state index in [0.717, 1.165) is 28.4 Å². The highest BCUT2D eigenvalue weighted by atomic mass is 16.5. The molecule has 0 radical (unpaired) electrons. The van der Waals surface area contributed by atoms with Gasteiger partial charge in [-0.05, 0) is 38.1 Å². The Hall–Kier alpha value is -2.87. The molecule has 0 aliphatic carbocycles. The maximum absolute atomic E-state index is 11.8. The van der Waals surface area contributed by atoms with E-state index in [2.05, 4.69) is 20.9 Å². The molecule has 0 saturated carbocycles. The predicted octanol–water partition coefficient (Wildman–Crippen LogP) is 1.06. The molecule has 0 spiro atoms. The van der Waals surface area contributed by atoms with Crippen molar-refractivity contribution in [2.45, 2.75) is 20.4 Å². The van der Waals surface area contributed by atoms with E-state index < -0.39 is 0 Å². The molecule has 0 aliphatic rings. The molecule has 2 aromatic rings. The number of aliphatic hydroxyl groups excluding tert-OH is 1. The van der Waals surface area contributed by atoms with Gasteiger partial charge in [0, 0.05) is 16.9 Å². The average Bonchev–Trinajstić information content (AvgIpc) is 2.88. The average molecular weight is 345 g/mol. The van der Waals surface area contributed by atoms with Crippen molar-refractivity contribution in [3.8, 4) is 5.75 Å². The Kier molecular flexibility index (Phi) is 6.53. The summed E-state index contributed by atoms with van der Waals surface area (Å²) < 4.78 is 6.79. The van der Waals surface area contributed by atoms with Crippen molar-refractivity contribution in [1.82, 2.24) is 15.2 Å². The highest BCUT2D eigenvalue weighted by Gasteiger charge is 2.09. The maximum atomic E-state index is 11.8. The van der Waals surface area contributed by atoms with Crippen LogP contribution in [0.1, 0.15) is 17.0 Å². The number of aromatic nitrogens is 2. The van der Waals surface area contributed by atoms with Gasteiger partial charge >= 0.3 is 0 Å². The number of rotatable bonds is 8. The van der Waals surface area contributed by atoms with Crippen LogP contribution in [0.15, 0.2) is 29.4 Å². The summed E-state index contributed by atoms with van der Waals surface area (Å²) in [7, 11) is 1.60. The zero-order valence-corrected chi connectivity index (χ0v) is 14.6. The second kappa shape index (κ2) is 8.84. The summed E-state index contributed by atoms with van der Waals surface area (Å²) in [5.41, 5.74) is 5.81. The molecule has 1 aromatic carbocycles. The molecule has 0 aliphatic heterocycles. The summed E-state index contributed by atoms with van der Waals surface area (Å²) in [6.07, 6.45) is 1.57. The lowest BCUT2D eigenvalue weighted by atomic mass is 10.2. The number of carbonyl (C=O) groups is 1. The van der Waals surface area contributed by atoms with Crippen LogP contribution in [0.2, 0.25) is 0 Å². The van der Waals surface area contributed by atoms with Crippen molar-refractivity contribution < 1.29 is 14.6 Å². The van der Waals surface area contributed by atoms with Gasteiger partial charge in [0.05, 0.1) is 38.7 Å². The third-order valence-corrected chi connectivity index (χ3v) is 3.68. The first-order chi connectivity index (χ1) is 12.0. The second-order valence-corrected chi connectivity index (χ2v) is 5.41. The van der Waals surface area contributed by atoms with Crippen LogP contribution >= 0.6 is 0 Å². The molecular weight excluding hydrogens is 322 g/mol. The minimum Gasteiger partial charge on any atom is -0.497 e. The number of methoxy groups -OCH3 is 1. The van der Waals surface area contributed by atoms with Crippen LogP contribution in [0.25, 0.3) is 0 Å². The van der Waals surface area contributed by atoms with Gasteiger partial charge in [-0.25, -0.2) is 5.43 Å². The fraction of sp³-hybridized carbons (Fsp3) is 0.353. The van der Waals surface area contributed by atoms with Gasteiger partial charge in [-0.15, -0.1) is 0 Å². The number of benzene rings is 1. The van der Waals surface area contributed by atoms with Crippen molar-refractivity contribution in [1.29, 1.82) is 0 Å². The predicted molar refractivity (Wildman–Crippen MR) is 96.0 cm³/mol. The molecule has 25 heavy (non-hydrogen) atoms. The number of nitrogens with zero attached hydrogens (tertiary/aromatic N) is 3. The molecular formula is C17H23N5O3. The van der Waals surface area contributed by atoms with Gasteiger partial charge in [0.1, 0.15) is 5.75 Å². The van der Waals surface area contributed by atoms with Crippen molar-refractivity contribution >= 4 is 17.8 Å². The van der Waals surface area contributed by atoms with Crippen molar-refractivity contribution in [2.75, 3.05) is 25.6 Å². The van der Waals surface area contributed by atoms with Crippen LogP contribution in [-0.2, 0) is 11.3 Å². The molecule has 0 atom stereocenters. The molecule has 8 nitrogen and oxygen atoms in total. The molecule has 3 N–H and O–H groups in total. The number of aliphatic hydroxyl groups is 1. The fourth-order valence-corrected chi connectivity index (χ4v) is 2.31. The number of aryl methyl sites for hydroxylation is 1. The Bertz CT molecular complexity index is 737. The van der Waals surface area contributed by atoms with Gasteiger partial charge < -0.3 is 15.2 Å². The molecule has 2 rings (SSSR count). The van der Waals surface area contributed by atoms with Gasteiger partial charge in [0.15, 0.2) is 0 Å². The SMILES string of the molecule is COc1ccc(NCC(=O)N/N=C/c2c(C)nn(CCO)c2C)cc1. The van der Waals surface area contributed by atoms with Crippen LogP contribution in [0, 0.1) is 13.8 Å². The Balaban J connectivity index is 1.86. The molecule has 0 bridgehead atoms. The van der Waals surface area contributed by atoms with Crippen LogP contribution in [-0.4, -0.2) is 47.3 Å². The smallest absolute Gasteiger partial charge is 0.259 e. The zero-order chi connectivity index (χ0) is 18.2. The maximum Gasteiger partial charge on any atom is 0.259 e. The van der Waals surface area contributed by atoms with Gasteiger partial charge in [-0.1, -0.05) is 0 Å². The molecule has 1 amide bonds. The second-order valence-electron chi connectivity index (χ2n) is 5.41. The van der Waals surface area contributed by atoms with E-state index in [1.165, 1.54) is 0 Å². The lowest BCUT2D eigenvalue weighted by molar-refractivity contribution is -0.119. The molecule has 0 saturated heterocycles. The van der Waals surface area contributed by atoms with E-state index in [0.29, 0.717) is 6.54 Å². The van der Waals surface area contributed by atoms with Gasteiger partial charge in [-0.2, -0.15) is 10.2 Å². The van der Waals surface area contributed by atoms with E-state index >= 15 is 0 Å². The van der Waals surface area contributed by atoms with Crippen LogP contribution < -0.4 is 15.5 Å². The zero-order valence-electron chi connectivity index (χ0n) is 14.6. The Morgan fingerprint density at radius 2 is 2.08 bits per heavy atom. The van der Waals surface area contributed by atoms with E-state index in [1.54, 1.807) is 18.0 Å². The van der Waals surface area contributed by atoms with Crippen molar-refractivity contribution in [3.05, 3.63) is 41.2 Å². The van der Waals surface area contributed by atoms with E-state index in [1.807, 2.05) is 38.1 Å². The normalized spacial score (nSPS) is 10.9. The first-order valence-electron chi connectivity index (χ1n) is 7.90. The first-order valence-corrected chi connectivity index (χ1v) is 7.90. The summed E-state index contributed by atoms with van der Waals surface area (Å²) in [4.78, 5) is 11.8. The number of hydrogen-bond acceptors (Lipinski definition) is 6. The highest BCUT2D eigenvalue weighted by molar-refractivity contribution is 5.85. The van der Waals surface area contributed by atoms with E-state index in [-0.39, 0.29) is 19.1 Å². The highest BCUT2D eigenvalue weighted by Crippen LogP contribution is 2.14. The van der Waals surface area contributed by atoms with Crippen LogP contribution in [0.4, 0.5) is 5.69 Å². The van der Waals surface area contributed by atoms with Gasteiger partial charge in [0.25, 0.3) is 5.91 Å². The number of amides is 1. The Morgan fingerprint density at radius 1 is 1.36 bits per heavy atom. The monoisotopic (exact) mass is 345 g/mol. The number of carbonyl (C=O) groups excluding carboxylic acids is 1. The van der Waals surface area contributed by atoms with Gasteiger partial charge in [-0.3, -0.25) is 9.48 Å². The van der Waals surface area contributed by atoms with Crippen molar-refractivity contribution in [2.24, 2.45) is 5.10 Å². The van der Waals surface area contributed by atoms with Crippen LogP contribution in [0.5, 0.6) is 5.75 Å². The van der Waals surface area contributed by atoms with Crippen LogP contribution in [0.3, 0.4) is 0 Å². The Labute approximate surface area is 146 Å². The molecule has 1 heterocycles. The third-order valence-electron chi connectivity index (χ3n) is 3.68. The molecule has 0 fully saturated rings. The number of ether oxygens (including phenoxy) is 1.